The Morgan fingerprint density at radius 1 is 1.32 bits per heavy atom. The predicted octanol–water partition coefficient (Wildman–Crippen LogP) is 0.683. The maximum Gasteiger partial charge on any atom is 0.305 e. The smallest absolute Gasteiger partial charge is 0.305 e. The second-order valence-electron chi connectivity index (χ2n) is 4.96. The van der Waals surface area contributed by atoms with Crippen LogP contribution in [-0.2, 0) is 10.0 Å². The molecule has 0 bridgehead atoms. The molecule has 2 rings (SSSR count). The van der Waals surface area contributed by atoms with Gasteiger partial charge in [0.15, 0.2) is 4.21 Å². The Balaban J connectivity index is 2.21. The maximum atomic E-state index is 12.3. The van der Waals surface area contributed by atoms with Gasteiger partial charge in [-0.15, -0.1) is 0 Å². The van der Waals surface area contributed by atoms with Crippen LogP contribution in [-0.4, -0.2) is 25.5 Å². The van der Waals surface area contributed by atoms with Crippen molar-refractivity contribution >= 4 is 21.4 Å². The maximum absolute atomic E-state index is 12.3. The number of rotatable bonds is 3. The average molecular weight is 305 g/mol. The summed E-state index contributed by atoms with van der Waals surface area (Å²) in [6.45, 7) is 1.58. The molecule has 19 heavy (non-hydrogen) atoms. The van der Waals surface area contributed by atoms with Crippen molar-refractivity contribution in [3.63, 3.8) is 0 Å². The SMILES string of the molecule is Cc1[nH]c(=O)sc1S(=O)(=O)NC1CCCCCC1N. The van der Waals surface area contributed by atoms with Gasteiger partial charge >= 0.3 is 4.87 Å². The van der Waals surface area contributed by atoms with Gasteiger partial charge in [-0.3, -0.25) is 4.79 Å². The molecule has 1 aliphatic rings. The van der Waals surface area contributed by atoms with Gasteiger partial charge in [0.05, 0.1) is 0 Å². The standard InChI is InChI=1S/C11H19N3O3S2/c1-7-10(18-11(15)13-7)19(16,17)14-9-6-4-2-3-5-8(9)12/h8-9,14H,2-6,12H2,1H3,(H,13,15). The normalized spacial score (nSPS) is 25.2. The number of aryl methyl sites for hydroxylation is 1. The van der Waals surface area contributed by atoms with Crippen LogP contribution in [0.5, 0.6) is 0 Å². The molecule has 1 aromatic rings. The van der Waals surface area contributed by atoms with E-state index < -0.39 is 10.0 Å². The summed E-state index contributed by atoms with van der Waals surface area (Å²) in [6, 6.07) is -0.405. The molecular weight excluding hydrogens is 286 g/mol. The number of hydrogen-bond acceptors (Lipinski definition) is 5. The van der Waals surface area contributed by atoms with Gasteiger partial charge < -0.3 is 10.7 Å². The van der Waals surface area contributed by atoms with Crippen LogP contribution < -0.4 is 15.3 Å². The molecule has 1 heterocycles. The lowest BCUT2D eigenvalue weighted by Gasteiger charge is -2.22. The summed E-state index contributed by atoms with van der Waals surface area (Å²) in [5.74, 6) is 0. The van der Waals surface area contributed by atoms with Gasteiger partial charge in [0.2, 0.25) is 0 Å². The molecule has 0 amide bonds. The third-order valence-electron chi connectivity index (χ3n) is 3.40. The van der Waals surface area contributed by atoms with Crippen LogP contribution in [0.25, 0.3) is 0 Å². The highest BCUT2D eigenvalue weighted by Gasteiger charge is 2.28. The topological polar surface area (TPSA) is 105 Å². The van der Waals surface area contributed by atoms with Crippen LogP contribution in [0.1, 0.15) is 37.8 Å². The molecule has 108 valence electrons. The van der Waals surface area contributed by atoms with Crippen molar-refractivity contribution < 1.29 is 8.42 Å². The van der Waals surface area contributed by atoms with Crippen LogP contribution in [0.4, 0.5) is 0 Å². The molecule has 0 aliphatic heterocycles. The summed E-state index contributed by atoms with van der Waals surface area (Å²) in [5.41, 5.74) is 6.39. The van der Waals surface area contributed by atoms with Gasteiger partial charge in [-0.05, 0) is 19.8 Å². The Hall–Kier alpha value is -0.700. The van der Waals surface area contributed by atoms with Crippen LogP contribution >= 0.6 is 11.3 Å². The van der Waals surface area contributed by atoms with Crippen LogP contribution in [0.2, 0.25) is 0 Å². The van der Waals surface area contributed by atoms with Crippen molar-refractivity contribution in [2.75, 3.05) is 0 Å². The molecular formula is C11H19N3O3S2. The van der Waals surface area contributed by atoms with Crippen molar-refractivity contribution in [3.05, 3.63) is 15.4 Å². The second kappa shape index (κ2) is 5.74. The van der Waals surface area contributed by atoms with E-state index in [1.807, 2.05) is 0 Å². The molecule has 0 aromatic carbocycles. The molecule has 0 saturated heterocycles. The highest BCUT2D eigenvalue weighted by molar-refractivity contribution is 7.91. The van der Waals surface area contributed by atoms with Crippen LogP contribution in [0.15, 0.2) is 9.00 Å². The zero-order chi connectivity index (χ0) is 14.0. The minimum absolute atomic E-state index is 0.0638. The molecule has 4 N–H and O–H groups in total. The van der Waals surface area contributed by atoms with E-state index in [0.29, 0.717) is 17.0 Å². The van der Waals surface area contributed by atoms with Gasteiger partial charge in [0.25, 0.3) is 10.0 Å². The Labute approximate surface area is 116 Å². The third-order valence-corrected chi connectivity index (χ3v) is 6.50. The van der Waals surface area contributed by atoms with E-state index in [-0.39, 0.29) is 21.2 Å². The number of sulfonamides is 1. The third kappa shape index (κ3) is 3.44. The summed E-state index contributed by atoms with van der Waals surface area (Å²) < 4.78 is 27.3. The van der Waals surface area contributed by atoms with E-state index in [9.17, 15) is 13.2 Å². The number of aromatic amines is 1. The van der Waals surface area contributed by atoms with E-state index in [0.717, 1.165) is 32.1 Å². The van der Waals surface area contributed by atoms with Crippen molar-refractivity contribution in [2.24, 2.45) is 5.73 Å². The molecule has 2 atom stereocenters. The minimum Gasteiger partial charge on any atom is -0.326 e. The minimum atomic E-state index is -3.66. The second-order valence-corrected chi connectivity index (χ2v) is 7.85. The van der Waals surface area contributed by atoms with Crippen LogP contribution in [0, 0.1) is 6.92 Å². The zero-order valence-electron chi connectivity index (χ0n) is 10.8. The molecule has 6 nitrogen and oxygen atoms in total. The summed E-state index contributed by atoms with van der Waals surface area (Å²) in [7, 11) is -3.66. The van der Waals surface area contributed by atoms with Crippen molar-refractivity contribution in [3.8, 4) is 0 Å². The van der Waals surface area contributed by atoms with Gasteiger partial charge in [-0.25, -0.2) is 13.1 Å². The highest BCUT2D eigenvalue weighted by atomic mass is 32.2. The van der Waals surface area contributed by atoms with Crippen molar-refractivity contribution in [1.82, 2.24) is 9.71 Å². The highest BCUT2D eigenvalue weighted by Crippen LogP contribution is 2.21. The van der Waals surface area contributed by atoms with Gasteiger partial charge in [0.1, 0.15) is 0 Å². The van der Waals surface area contributed by atoms with Crippen molar-refractivity contribution in [1.29, 1.82) is 0 Å². The van der Waals surface area contributed by atoms with Gasteiger partial charge in [-0.2, -0.15) is 0 Å². The number of aromatic nitrogens is 1. The molecule has 1 aromatic heterocycles. The van der Waals surface area contributed by atoms with E-state index in [1.54, 1.807) is 6.92 Å². The van der Waals surface area contributed by atoms with E-state index in [2.05, 4.69) is 9.71 Å². The lowest BCUT2D eigenvalue weighted by molar-refractivity contribution is 0.456. The number of thiazole rings is 1. The largest absolute Gasteiger partial charge is 0.326 e. The lowest BCUT2D eigenvalue weighted by atomic mass is 10.1. The first-order valence-corrected chi connectivity index (χ1v) is 8.68. The molecule has 1 fully saturated rings. The number of nitrogens with two attached hydrogens (primary N) is 1. The number of hydrogen-bond donors (Lipinski definition) is 3. The van der Waals surface area contributed by atoms with Gasteiger partial charge in [-0.1, -0.05) is 30.6 Å². The molecule has 1 aliphatic carbocycles. The fraction of sp³-hybridized carbons (Fsp3) is 0.727. The van der Waals surface area contributed by atoms with E-state index >= 15 is 0 Å². The fourth-order valence-electron chi connectivity index (χ4n) is 2.38. The first kappa shape index (κ1) is 14.7. The molecule has 0 radical (unpaired) electrons. The summed E-state index contributed by atoms with van der Waals surface area (Å²) in [6.07, 6.45) is 4.68. The van der Waals surface area contributed by atoms with E-state index in [1.165, 1.54) is 0 Å². The summed E-state index contributed by atoms with van der Waals surface area (Å²) >= 11 is 0.714. The Morgan fingerprint density at radius 3 is 2.63 bits per heavy atom. The first-order valence-electron chi connectivity index (χ1n) is 6.38. The molecule has 8 heteroatoms. The monoisotopic (exact) mass is 305 g/mol. The Kier molecular flexibility index (Phi) is 4.44. The number of nitrogens with one attached hydrogen (secondary N) is 2. The van der Waals surface area contributed by atoms with Crippen LogP contribution in [0.3, 0.4) is 0 Å². The predicted molar refractivity (Wildman–Crippen MR) is 74.8 cm³/mol. The number of H-pyrrole nitrogens is 1. The van der Waals surface area contributed by atoms with Crippen molar-refractivity contribution in [2.45, 2.75) is 55.3 Å². The van der Waals surface area contributed by atoms with E-state index in [4.69, 9.17) is 5.73 Å². The summed E-state index contributed by atoms with van der Waals surface area (Å²) in [5, 5.41) is 0. The summed E-state index contributed by atoms with van der Waals surface area (Å²) in [4.78, 5) is 13.3. The molecule has 1 saturated carbocycles. The Morgan fingerprint density at radius 2 is 2.00 bits per heavy atom. The average Bonchev–Trinajstić information content (AvgIpc) is 2.54. The fourth-order valence-corrected chi connectivity index (χ4v) is 5.02. The lowest BCUT2D eigenvalue weighted by Crippen LogP contribution is -2.46. The zero-order valence-corrected chi connectivity index (χ0v) is 12.4. The quantitative estimate of drug-likeness (QED) is 0.714. The van der Waals surface area contributed by atoms with Gasteiger partial charge in [0, 0.05) is 17.8 Å². The molecule has 2 unspecified atom stereocenters. The molecule has 0 spiro atoms. The first-order chi connectivity index (χ1) is 8.90. The Bertz CT molecular complexity index is 591.